The SMILES string of the molecule is CCc1c(C#N)cc(CC(=O)O)cc1C(F)F. The van der Waals surface area contributed by atoms with Crippen LogP contribution in [0.15, 0.2) is 12.1 Å². The number of benzene rings is 1. The van der Waals surface area contributed by atoms with Crippen molar-refractivity contribution in [2.45, 2.75) is 26.2 Å². The van der Waals surface area contributed by atoms with E-state index in [1.54, 1.807) is 6.92 Å². The fourth-order valence-electron chi connectivity index (χ4n) is 1.72. The van der Waals surface area contributed by atoms with Crippen molar-refractivity contribution < 1.29 is 18.7 Å². The molecule has 0 unspecified atom stereocenters. The van der Waals surface area contributed by atoms with Crippen molar-refractivity contribution in [2.75, 3.05) is 0 Å². The minimum atomic E-state index is -2.70. The lowest BCUT2D eigenvalue weighted by Gasteiger charge is -2.11. The van der Waals surface area contributed by atoms with E-state index in [0.717, 1.165) is 0 Å². The fourth-order valence-corrected chi connectivity index (χ4v) is 1.72. The van der Waals surface area contributed by atoms with Gasteiger partial charge in [0.2, 0.25) is 0 Å². The van der Waals surface area contributed by atoms with Crippen molar-refractivity contribution in [3.8, 4) is 6.07 Å². The number of carboxylic acids is 1. The molecule has 0 amide bonds. The van der Waals surface area contributed by atoms with Gasteiger partial charge in [0.25, 0.3) is 6.43 Å². The van der Waals surface area contributed by atoms with Crippen LogP contribution in [0.3, 0.4) is 0 Å². The fraction of sp³-hybridized carbons (Fsp3) is 0.333. The van der Waals surface area contributed by atoms with Gasteiger partial charge in [0.05, 0.1) is 18.1 Å². The zero-order chi connectivity index (χ0) is 13.0. The summed E-state index contributed by atoms with van der Waals surface area (Å²) in [6, 6.07) is 4.35. The van der Waals surface area contributed by atoms with Crippen LogP contribution in [0, 0.1) is 11.3 Å². The number of alkyl halides is 2. The van der Waals surface area contributed by atoms with Crippen molar-refractivity contribution >= 4 is 5.97 Å². The van der Waals surface area contributed by atoms with E-state index in [2.05, 4.69) is 0 Å². The number of aliphatic carboxylic acids is 1. The molecule has 1 N–H and O–H groups in total. The van der Waals surface area contributed by atoms with Gasteiger partial charge in [0.15, 0.2) is 0 Å². The van der Waals surface area contributed by atoms with Crippen LogP contribution in [-0.2, 0) is 17.6 Å². The van der Waals surface area contributed by atoms with Crippen molar-refractivity contribution in [1.82, 2.24) is 0 Å². The lowest BCUT2D eigenvalue weighted by atomic mass is 9.95. The third kappa shape index (κ3) is 3.00. The number of carboxylic acid groups (broad SMARTS) is 1. The summed E-state index contributed by atoms with van der Waals surface area (Å²) in [6.07, 6.45) is -2.75. The zero-order valence-electron chi connectivity index (χ0n) is 9.20. The summed E-state index contributed by atoms with van der Waals surface area (Å²) >= 11 is 0. The topological polar surface area (TPSA) is 61.1 Å². The maximum atomic E-state index is 12.8. The van der Waals surface area contributed by atoms with Crippen LogP contribution in [0.5, 0.6) is 0 Å². The third-order valence-electron chi connectivity index (χ3n) is 2.41. The van der Waals surface area contributed by atoms with Crippen LogP contribution in [0.25, 0.3) is 0 Å². The van der Waals surface area contributed by atoms with E-state index in [1.807, 2.05) is 6.07 Å². The van der Waals surface area contributed by atoms with Crippen molar-refractivity contribution in [3.05, 3.63) is 34.4 Å². The van der Waals surface area contributed by atoms with Crippen molar-refractivity contribution in [1.29, 1.82) is 5.26 Å². The molecule has 90 valence electrons. The Morgan fingerprint density at radius 1 is 1.53 bits per heavy atom. The highest BCUT2D eigenvalue weighted by Crippen LogP contribution is 2.27. The first-order chi connectivity index (χ1) is 7.99. The van der Waals surface area contributed by atoms with Crippen LogP contribution in [-0.4, -0.2) is 11.1 Å². The molecule has 0 aliphatic rings. The molecule has 0 fully saturated rings. The number of hydrogen-bond donors (Lipinski definition) is 1. The number of nitrogens with zero attached hydrogens (tertiary/aromatic N) is 1. The minimum Gasteiger partial charge on any atom is -0.481 e. The van der Waals surface area contributed by atoms with E-state index < -0.39 is 12.4 Å². The number of carbonyl (C=O) groups is 1. The molecule has 0 atom stereocenters. The van der Waals surface area contributed by atoms with Crippen LogP contribution < -0.4 is 0 Å². The van der Waals surface area contributed by atoms with Gasteiger partial charge in [-0.25, -0.2) is 8.78 Å². The van der Waals surface area contributed by atoms with Gasteiger partial charge >= 0.3 is 5.97 Å². The largest absolute Gasteiger partial charge is 0.481 e. The lowest BCUT2D eigenvalue weighted by molar-refractivity contribution is -0.136. The summed E-state index contributed by atoms with van der Waals surface area (Å²) < 4.78 is 25.6. The molecule has 0 aliphatic carbocycles. The molecule has 1 aromatic rings. The molecule has 0 aliphatic heterocycles. The average molecular weight is 239 g/mol. The molecule has 1 rings (SSSR count). The highest BCUT2D eigenvalue weighted by atomic mass is 19.3. The molecule has 0 aromatic heterocycles. The van der Waals surface area contributed by atoms with E-state index in [0.29, 0.717) is 6.42 Å². The van der Waals surface area contributed by atoms with Gasteiger partial charge in [-0.1, -0.05) is 6.92 Å². The maximum Gasteiger partial charge on any atom is 0.307 e. The molecule has 0 heterocycles. The highest BCUT2D eigenvalue weighted by Gasteiger charge is 2.17. The first-order valence-electron chi connectivity index (χ1n) is 5.05. The molecule has 0 bridgehead atoms. The van der Waals surface area contributed by atoms with E-state index >= 15 is 0 Å². The van der Waals surface area contributed by atoms with Crippen LogP contribution in [0.4, 0.5) is 8.78 Å². The maximum absolute atomic E-state index is 12.8. The molecule has 3 nitrogen and oxygen atoms in total. The van der Waals surface area contributed by atoms with Crippen molar-refractivity contribution in [3.63, 3.8) is 0 Å². The molecule has 17 heavy (non-hydrogen) atoms. The molecule has 0 spiro atoms. The Bertz CT molecular complexity index is 478. The van der Waals surface area contributed by atoms with Crippen LogP contribution in [0.2, 0.25) is 0 Å². The second-order valence-electron chi connectivity index (χ2n) is 3.55. The molecule has 0 saturated heterocycles. The molecular formula is C12H11F2NO2. The Morgan fingerprint density at radius 2 is 2.18 bits per heavy atom. The summed E-state index contributed by atoms with van der Waals surface area (Å²) in [4.78, 5) is 10.5. The summed E-state index contributed by atoms with van der Waals surface area (Å²) in [7, 11) is 0. The minimum absolute atomic E-state index is 0.126. The smallest absolute Gasteiger partial charge is 0.307 e. The van der Waals surface area contributed by atoms with Gasteiger partial charge in [0.1, 0.15) is 0 Å². The number of hydrogen-bond acceptors (Lipinski definition) is 2. The standard InChI is InChI=1S/C12H11F2NO2/c1-2-9-8(6-15)3-7(5-11(16)17)4-10(9)12(13)14/h3-4,12H,2,5H2,1H3,(H,16,17). The van der Waals surface area contributed by atoms with Gasteiger partial charge in [-0.2, -0.15) is 5.26 Å². The van der Waals surface area contributed by atoms with Gasteiger partial charge in [-0.3, -0.25) is 4.79 Å². The summed E-state index contributed by atoms with van der Waals surface area (Å²) in [6.45, 7) is 1.68. The van der Waals surface area contributed by atoms with Gasteiger partial charge in [0, 0.05) is 5.56 Å². The number of rotatable bonds is 4. The summed E-state index contributed by atoms with van der Waals surface area (Å²) in [5, 5.41) is 17.5. The monoisotopic (exact) mass is 239 g/mol. The quantitative estimate of drug-likeness (QED) is 0.878. The van der Waals surface area contributed by atoms with Crippen LogP contribution in [0.1, 0.15) is 35.6 Å². The molecule has 0 saturated carbocycles. The van der Waals surface area contributed by atoms with Crippen LogP contribution >= 0.6 is 0 Å². The third-order valence-corrected chi connectivity index (χ3v) is 2.41. The lowest BCUT2D eigenvalue weighted by Crippen LogP contribution is -2.05. The number of nitriles is 1. The van der Waals surface area contributed by atoms with E-state index in [-0.39, 0.29) is 28.7 Å². The first-order valence-corrected chi connectivity index (χ1v) is 5.05. The Hall–Kier alpha value is -1.96. The Morgan fingerprint density at radius 3 is 2.59 bits per heavy atom. The molecule has 5 heteroatoms. The summed E-state index contributed by atoms with van der Waals surface area (Å²) in [5.74, 6) is -1.11. The predicted octanol–water partition coefficient (Wildman–Crippen LogP) is 2.69. The average Bonchev–Trinajstić information content (AvgIpc) is 2.26. The molecular weight excluding hydrogens is 228 g/mol. The number of halogens is 2. The van der Waals surface area contributed by atoms with E-state index in [1.165, 1.54) is 12.1 Å². The highest BCUT2D eigenvalue weighted by molar-refractivity contribution is 5.70. The summed E-state index contributed by atoms with van der Waals surface area (Å²) in [5.41, 5.74) is 0.391. The molecule has 1 aromatic carbocycles. The van der Waals surface area contributed by atoms with Crippen molar-refractivity contribution in [2.24, 2.45) is 0 Å². The first kappa shape index (κ1) is 13.1. The van der Waals surface area contributed by atoms with Gasteiger partial charge in [-0.05, 0) is 29.7 Å². The second kappa shape index (κ2) is 5.39. The normalized spacial score (nSPS) is 10.3. The van der Waals surface area contributed by atoms with Gasteiger partial charge in [-0.15, -0.1) is 0 Å². The Balaban J connectivity index is 3.36. The van der Waals surface area contributed by atoms with E-state index in [9.17, 15) is 13.6 Å². The van der Waals surface area contributed by atoms with E-state index in [4.69, 9.17) is 10.4 Å². The predicted molar refractivity (Wildman–Crippen MR) is 56.8 cm³/mol. The Kier molecular flexibility index (Phi) is 4.16. The Labute approximate surface area is 97.3 Å². The van der Waals surface area contributed by atoms with Gasteiger partial charge < -0.3 is 5.11 Å². The molecule has 0 radical (unpaired) electrons. The zero-order valence-corrected chi connectivity index (χ0v) is 9.20. The second-order valence-corrected chi connectivity index (χ2v) is 3.55.